The fourth-order valence-electron chi connectivity index (χ4n) is 2.23. The van der Waals surface area contributed by atoms with E-state index in [-0.39, 0.29) is 5.91 Å². The van der Waals surface area contributed by atoms with Crippen LogP contribution in [0.15, 0.2) is 18.3 Å². The molecule has 0 aliphatic carbocycles. The van der Waals surface area contributed by atoms with Gasteiger partial charge >= 0.3 is 0 Å². The maximum Gasteiger partial charge on any atom is 0.266 e. The van der Waals surface area contributed by atoms with Crippen LogP contribution >= 0.6 is 11.3 Å². The number of carbonyl (C=O) groups is 1. The van der Waals surface area contributed by atoms with Gasteiger partial charge in [0, 0.05) is 24.7 Å². The number of amides is 1. The zero-order valence-electron chi connectivity index (χ0n) is 12.8. The molecule has 0 unspecified atom stereocenters. The Balaban J connectivity index is 2.17. The second kappa shape index (κ2) is 6.87. The smallest absolute Gasteiger partial charge is 0.266 e. The molecule has 0 aliphatic heterocycles. The number of thiophene rings is 1. The van der Waals surface area contributed by atoms with Gasteiger partial charge in [-0.25, -0.2) is 4.98 Å². The molecule has 21 heavy (non-hydrogen) atoms. The van der Waals surface area contributed by atoms with E-state index in [1.54, 1.807) is 6.20 Å². The highest BCUT2D eigenvalue weighted by molar-refractivity contribution is 7.21. The van der Waals surface area contributed by atoms with Crippen molar-refractivity contribution in [2.75, 3.05) is 39.5 Å². The van der Waals surface area contributed by atoms with Crippen LogP contribution in [-0.2, 0) is 0 Å². The fourth-order valence-corrected chi connectivity index (χ4v) is 3.27. The molecule has 0 fully saturated rings. The minimum Gasteiger partial charge on any atom is -0.397 e. The molecule has 0 radical (unpaired) electrons. The Morgan fingerprint density at radius 3 is 2.76 bits per heavy atom. The molecular formula is C15H22N4OS. The number of nitrogens with two attached hydrogens (primary N) is 1. The van der Waals surface area contributed by atoms with Gasteiger partial charge in [-0.15, -0.1) is 11.3 Å². The number of pyridine rings is 1. The van der Waals surface area contributed by atoms with E-state index in [2.05, 4.69) is 9.88 Å². The quantitative estimate of drug-likeness (QED) is 0.889. The van der Waals surface area contributed by atoms with Crippen LogP contribution in [0.2, 0.25) is 0 Å². The lowest BCUT2D eigenvalue weighted by atomic mass is 10.2. The molecular weight excluding hydrogens is 284 g/mol. The van der Waals surface area contributed by atoms with Crippen molar-refractivity contribution in [2.45, 2.75) is 13.3 Å². The van der Waals surface area contributed by atoms with Gasteiger partial charge in [0.25, 0.3) is 5.91 Å². The monoisotopic (exact) mass is 306 g/mol. The van der Waals surface area contributed by atoms with Gasteiger partial charge in [0.1, 0.15) is 9.71 Å². The predicted molar refractivity (Wildman–Crippen MR) is 88.8 cm³/mol. The van der Waals surface area contributed by atoms with Gasteiger partial charge < -0.3 is 15.5 Å². The third kappa shape index (κ3) is 3.51. The molecule has 0 spiro atoms. The summed E-state index contributed by atoms with van der Waals surface area (Å²) in [4.78, 5) is 22.3. The third-order valence-electron chi connectivity index (χ3n) is 3.40. The van der Waals surface area contributed by atoms with Crippen molar-refractivity contribution in [2.24, 2.45) is 0 Å². The number of aromatic nitrogens is 1. The number of nitrogens with zero attached hydrogens (tertiary/aromatic N) is 3. The van der Waals surface area contributed by atoms with Crippen LogP contribution < -0.4 is 5.73 Å². The van der Waals surface area contributed by atoms with Crippen molar-refractivity contribution in [3.05, 3.63) is 23.2 Å². The van der Waals surface area contributed by atoms with E-state index >= 15 is 0 Å². The number of rotatable bonds is 6. The van der Waals surface area contributed by atoms with Crippen LogP contribution in [0.3, 0.4) is 0 Å². The van der Waals surface area contributed by atoms with Crippen LogP contribution in [0.4, 0.5) is 5.69 Å². The molecule has 2 aromatic rings. The van der Waals surface area contributed by atoms with Gasteiger partial charge in [-0.2, -0.15) is 0 Å². The van der Waals surface area contributed by atoms with E-state index in [9.17, 15) is 4.79 Å². The lowest BCUT2D eigenvalue weighted by Crippen LogP contribution is -2.33. The van der Waals surface area contributed by atoms with E-state index in [1.807, 2.05) is 38.1 Å². The van der Waals surface area contributed by atoms with Gasteiger partial charge in [-0.3, -0.25) is 4.79 Å². The maximum atomic E-state index is 12.7. The summed E-state index contributed by atoms with van der Waals surface area (Å²) in [5.74, 6) is 0.0109. The zero-order chi connectivity index (χ0) is 15.4. The molecule has 2 N–H and O–H groups in total. The predicted octanol–water partition coefficient (Wildman–Crippen LogP) is 2.29. The lowest BCUT2D eigenvalue weighted by molar-refractivity contribution is 0.0765. The molecule has 1 amide bonds. The zero-order valence-corrected chi connectivity index (χ0v) is 13.6. The Labute approximate surface area is 129 Å². The standard InChI is InChI=1S/C15H22N4OS/c1-4-19(10-6-9-18(2)3)15(20)13-12(16)11-7-5-8-17-14(11)21-13/h5,7-8H,4,6,9-10,16H2,1-3H3. The van der Waals surface area contributed by atoms with Crippen LogP contribution in [0.25, 0.3) is 10.2 Å². The summed E-state index contributed by atoms with van der Waals surface area (Å²) in [7, 11) is 4.07. The van der Waals surface area contributed by atoms with Gasteiger partial charge in [0.05, 0.1) is 5.69 Å². The number of hydrogen-bond acceptors (Lipinski definition) is 5. The highest BCUT2D eigenvalue weighted by Crippen LogP contribution is 2.32. The maximum absolute atomic E-state index is 12.7. The highest BCUT2D eigenvalue weighted by Gasteiger charge is 2.21. The molecule has 114 valence electrons. The number of anilines is 1. The molecule has 0 aliphatic rings. The van der Waals surface area contributed by atoms with Crippen molar-refractivity contribution in [3.8, 4) is 0 Å². The Morgan fingerprint density at radius 1 is 1.38 bits per heavy atom. The molecule has 0 saturated carbocycles. The molecule has 0 aromatic carbocycles. The normalized spacial score (nSPS) is 11.2. The largest absolute Gasteiger partial charge is 0.397 e. The number of carbonyl (C=O) groups excluding carboxylic acids is 1. The van der Waals surface area contributed by atoms with Crippen molar-refractivity contribution in [1.29, 1.82) is 0 Å². The molecule has 6 heteroatoms. The molecule has 5 nitrogen and oxygen atoms in total. The van der Waals surface area contributed by atoms with Crippen LogP contribution in [-0.4, -0.2) is 54.4 Å². The molecule has 2 heterocycles. The first kappa shape index (κ1) is 15.7. The van der Waals surface area contributed by atoms with Gasteiger partial charge in [0.15, 0.2) is 0 Å². The average molecular weight is 306 g/mol. The Morgan fingerprint density at radius 2 is 2.14 bits per heavy atom. The van der Waals surface area contributed by atoms with Gasteiger partial charge in [-0.05, 0) is 46.1 Å². The Hall–Kier alpha value is -1.66. The number of fused-ring (bicyclic) bond motifs is 1. The second-order valence-corrected chi connectivity index (χ2v) is 6.24. The number of nitrogen functional groups attached to an aromatic ring is 1. The molecule has 2 rings (SSSR count). The summed E-state index contributed by atoms with van der Waals surface area (Å²) >= 11 is 1.38. The summed E-state index contributed by atoms with van der Waals surface area (Å²) in [5, 5.41) is 0.871. The van der Waals surface area contributed by atoms with Crippen molar-refractivity contribution in [1.82, 2.24) is 14.8 Å². The topological polar surface area (TPSA) is 62.5 Å². The minimum absolute atomic E-state index is 0.0109. The van der Waals surface area contributed by atoms with Crippen molar-refractivity contribution in [3.63, 3.8) is 0 Å². The first-order valence-electron chi connectivity index (χ1n) is 7.11. The molecule has 0 saturated heterocycles. The summed E-state index contributed by atoms with van der Waals surface area (Å²) in [5.41, 5.74) is 6.68. The third-order valence-corrected chi connectivity index (χ3v) is 4.52. The van der Waals surface area contributed by atoms with Gasteiger partial charge in [0.2, 0.25) is 0 Å². The van der Waals surface area contributed by atoms with Gasteiger partial charge in [-0.1, -0.05) is 0 Å². The van der Waals surface area contributed by atoms with Crippen molar-refractivity contribution < 1.29 is 4.79 Å². The summed E-state index contributed by atoms with van der Waals surface area (Å²) < 4.78 is 0. The van der Waals surface area contributed by atoms with Crippen molar-refractivity contribution >= 4 is 33.1 Å². The molecule has 2 aromatic heterocycles. The summed E-state index contributed by atoms with van der Waals surface area (Å²) in [6.07, 6.45) is 2.68. The Bertz CT molecular complexity index is 623. The second-order valence-electron chi connectivity index (χ2n) is 5.24. The number of hydrogen-bond donors (Lipinski definition) is 1. The summed E-state index contributed by atoms with van der Waals surface area (Å²) in [6, 6.07) is 3.75. The molecule has 0 bridgehead atoms. The van der Waals surface area contributed by atoms with E-state index in [4.69, 9.17) is 5.73 Å². The highest BCUT2D eigenvalue weighted by atomic mass is 32.1. The first-order chi connectivity index (χ1) is 10.0. The lowest BCUT2D eigenvalue weighted by Gasteiger charge is -2.21. The molecule has 0 atom stereocenters. The van der Waals surface area contributed by atoms with Crippen LogP contribution in [0.1, 0.15) is 23.0 Å². The summed E-state index contributed by atoms with van der Waals surface area (Å²) in [6.45, 7) is 4.39. The van der Waals surface area contributed by atoms with E-state index in [0.29, 0.717) is 17.1 Å². The van der Waals surface area contributed by atoms with E-state index in [1.165, 1.54) is 11.3 Å². The van der Waals surface area contributed by atoms with Crippen LogP contribution in [0.5, 0.6) is 0 Å². The average Bonchev–Trinajstić information content (AvgIpc) is 2.80. The minimum atomic E-state index is 0.0109. The SMILES string of the molecule is CCN(CCCN(C)C)C(=O)c1sc2ncccc2c1N. The fraction of sp³-hybridized carbons (Fsp3) is 0.467. The first-order valence-corrected chi connectivity index (χ1v) is 7.93. The van der Waals surface area contributed by atoms with Crippen LogP contribution in [0, 0.1) is 0 Å². The van der Waals surface area contributed by atoms with E-state index in [0.717, 1.165) is 29.7 Å². The van der Waals surface area contributed by atoms with E-state index < -0.39 is 0 Å². The Kier molecular flexibility index (Phi) is 5.14.